The minimum absolute atomic E-state index is 0.0912. The molecule has 3 rings (SSSR count). The number of methoxy groups -OCH3 is 1. The number of nitrogens with zero attached hydrogens (tertiary/aromatic N) is 1. The van der Waals surface area contributed by atoms with Gasteiger partial charge in [0.25, 0.3) is 0 Å². The number of nitrogens with one attached hydrogen (secondary N) is 1. The summed E-state index contributed by atoms with van der Waals surface area (Å²) in [5, 5.41) is 2.75. The third kappa shape index (κ3) is 5.93. The van der Waals surface area contributed by atoms with Gasteiger partial charge in [-0.05, 0) is 55.8 Å². The van der Waals surface area contributed by atoms with Crippen molar-refractivity contribution in [2.45, 2.75) is 25.3 Å². The van der Waals surface area contributed by atoms with Crippen molar-refractivity contribution in [2.75, 3.05) is 19.0 Å². The summed E-state index contributed by atoms with van der Waals surface area (Å²) in [6, 6.07) is 21.1. The number of hydrogen-bond donors (Lipinski definition) is 1. The lowest BCUT2D eigenvalue weighted by Gasteiger charge is -2.22. The first-order chi connectivity index (χ1) is 14.8. The van der Waals surface area contributed by atoms with E-state index in [0.717, 1.165) is 16.7 Å². The summed E-state index contributed by atoms with van der Waals surface area (Å²) in [5.41, 5.74) is 3.36. The molecule has 3 aromatic rings. The van der Waals surface area contributed by atoms with Crippen LogP contribution in [0.1, 0.15) is 16.7 Å². The van der Waals surface area contributed by atoms with Crippen molar-refractivity contribution >= 4 is 21.6 Å². The van der Waals surface area contributed by atoms with Crippen LogP contribution < -0.4 is 10.1 Å². The van der Waals surface area contributed by atoms with Gasteiger partial charge in [-0.25, -0.2) is 8.42 Å². The predicted octanol–water partition coefficient (Wildman–Crippen LogP) is 4.14. The van der Waals surface area contributed by atoms with Crippen LogP contribution in [0.5, 0.6) is 5.75 Å². The van der Waals surface area contributed by atoms with E-state index in [9.17, 15) is 13.2 Å². The van der Waals surface area contributed by atoms with Gasteiger partial charge in [-0.15, -0.1) is 0 Å². The van der Waals surface area contributed by atoms with Crippen molar-refractivity contribution in [1.82, 2.24) is 4.31 Å². The van der Waals surface area contributed by atoms with E-state index < -0.39 is 15.9 Å². The average molecular weight is 439 g/mol. The number of sulfonamides is 1. The molecule has 7 heteroatoms. The summed E-state index contributed by atoms with van der Waals surface area (Å²) in [5.74, 6) is 0.245. The Morgan fingerprint density at radius 2 is 1.61 bits per heavy atom. The number of amides is 1. The zero-order valence-corrected chi connectivity index (χ0v) is 18.6. The third-order valence-corrected chi connectivity index (χ3v) is 6.60. The second-order valence-electron chi connectivity index (χ2n) is 7.35. The molecule has 0 aliphatic heterocycles. The summed E-state index contributed by atoms with van der Waals surface area (Å²) in [6.07, 6.45) is 0. The van der Waals surface area contributed by atoms with Gasteiger partial charge in [0, 0.05) is 12.2 Å². The average Bonchev–Trinajstić information content (AvgIpc) is 2.74. The summed E-state index contributed by atoms with van der Waals surface area (Å²) in [6.45, 7) is 3.62. The molecule has 0 spiro atoms. The second-order valence-corrected chi connectivity index (χ2v) is 9.29. The van der Waals surface area contributed by atoms with E-state index >= 15 is 0 Å². The molecule has 31 heavy (non-hydrogen) atoms. The standard InChI is InChI=1S/C24H26N2O4S/c1-18-7-13-23(14-8-18)31(28,29)26(16-20-6-4-5-19(2)15-20)17-24(27)25-21-9-11-22(30-3)12-10-21/h4-15H,16-17H2,1-3H3,(H,25,27). The Bertz CT molecular complexity index is 1140. The van der Waals surface area contributed by atoms with Crippen LogP contribution in [0.15, 0.2) is 77.7 Å². The third-order valence-electron chi connectivity index (χ3n) is 4.79. The summed E-state index contributed by atoms with van der Waals surface area (Å²) in [4.78, 5) is 12.9. The Morgan fingerprint density at radius 3 is 2.23 bits per heavy atom. The van der Waals surface area contributed by atoms with Crippen molar-refractivity contribution < 1.29 is 17.9 Å². The van der Waals surface area contributed by atoms with Crippen LogP contribution in [-0.4, -0.2) is 32.3 Å². The molecule has 0 bridgehead atoms. The highest BCUT2D eigenvalue weighted by Gasteiger charge is 2.27. The van der Waals surface area contributed by atoms with Gasteiger partial charge in [0.1, 0.15) is 5.75 Å². The van der Waals surface area contributed by atoms with Crippen molar-refractivity contribution in [3.63, 3.8) is 0 Å². The van der Waals surface area contributed by atoms with E-state index in [1.165, 1.54) is 4.31 Å². The Hall–Kier alpha value is -3.16. The zero-order chi connectivity index (χ0) is 22.4. The highest BCUT2D eigenvalue weighted by atomic mass is 32.2. The molecule has 0 aliphatic rings. The van der Waals surface area contributed by atoms with Gasteiger partial charge in [-0.2, -0.15) is 4.31 Å². The first-order valence-corrected chi connectivity index (χ1v) is 11.3. The van der Waals surface area contributed by atoms with Gasteiger partial charge in [0.2, 0.25) is 15.9 Å². The zero-order valence-electron chi connectivity index (χ0n) is 17.8. The Kier molecular flexibility index (Phi) is 7.09. The largest absolute Gasteiger partial charge is 0.497 e. The molecule has 162 valence electrons. The fourth-order valence-electron chi connectivity index (χ4n) is 3.13. The fourth-order valence-corrected chi connectivity index (χ4v) is 4.52. The minimum Gasteiger partial charge on any atom is -0.497 e. The molecule has 0 aliphatic carbocycles. The highest BCUT2D eigenvalue weighted by molar-refractivity contribution is 7.89. The number of ether oxygens (including phenoxy) is 1. The molecule has 1 N–H and O–H groups in total. The quantitative estimate of drug-likeness (QED) is 0.574. The normalized spacial score (nSPS) is 11.4. The summed E-state index contributed by atoms with van der Waals surface area (Å²) in [7, 11) is -2.31. The monoisotopic (exact) mass is 438 g/mol. The number of carbonyl (C=O) groups is 1. The number of hydrogen-bond acceptors (Lipinski definition) is 4. The smallest absolute Gasteiger partial charge is 0.243 e. The molecule has 0 radical (unpaired) electrons. The predicted molar refractivity (Wildman–Crippen MR) is 122 cm³/mol. The van der Waals surface area contributed by atoms with Gasteiger partial charge < -0.3 is 10.1 Å². The van der Waals surface area contributed by atoms with Crippen LogP contribution >= 0.6 is 0 Å². The van der Waals surface area contributed by atoms with E-state index in [1.54, 1.807) is 55.6 Å². The fraction of sp³-hybridized carbons (Fsp3) is 0.208. The molecular formula is C24H26N2O4S. The van der Waals surface area contributed by atoms with Crippen LogP contribution in [0.3, 0.4) is 0 Å². The lowest BCUT2D eigenvalue weighted by atomic mass is 10.1. The molecule has 3 aromatic carbocycles. The Labute approximate surface area is 183 Å². The molecule has 0 saturated carbocycles. The van der Waals surface area contributed by atoms with Gasteiger partial charge >= 0.3 is 0 Å². The molecular weight excluding hydrogens is 412 g/mol. The van der Waals surface area contributed by atoms with Crippen LogP contribution in [0.2, 0.25) is 0 Å². The number of carbonyl (C=O) groups excluding carboxylic acids is 1. The first-order valence-electron chi connectivity index (χ1n) is 9.84. The van der Waals surface area contributed by atoms with E-state index in [1.807, 2.05) is 38.1 Å². The molecule has 0 unspecified atom stereocenters. The van der Waals surface area contributed by atoms with Crippen molar-refractivity contribution in [1.29, 1.82) is 0 Å². The van der Waals surface area contributed by atoms with Gasteiger partial charge in [0.05, 0.1) is 18.6 Å². The number of aryl methyl sites for hydroxylation is 2. The first kappa shape index (κ1) is 22.5. The van der Waals surface area contributed by atoms with Crippen LogP contribution in [-0.2, 0) is 21.4 Å². The second kappa shape index (κ2) is 9.76. The SMILES string of the molecule is COc1ccc(NC(=O)CN(Cc2cccc(C)c2)S(=O)(=O)c2ccc(C)cc2)cc1. The van der Waals surface area contributed by atoms with Crippen molar-refractivity contribution in [2.24, 2.45) is 0 Å². The van der Waals surface area contributed by atoms with Gasteiger partial charge in [-0.1, -0.05) is 47.5 Å². The number of rotatable bonds is 8. The van der Waals surface area contributed by atoms with Gasteiger partial charge in [0.15, 0.2) is 0 Å². The van der Waals surface area contributed by atoms with E-state index in [2.05, 4.69) is 5.32 Å². The van der Waals surface area contributed by atoms with Crippen LogP contribution in [0.25, 0.3) is 0 Å². The van der Waals surface area contributed by atoms with E-state index in [0.29, 0.717) is 11.4 Å². The lowest BCUT2D eigenvalue weighted by molar-refractivity contribution is -0.116. The lowest BCUT2D eigenvalue weighted by Crippen LogP contribution is -2.37. The molecule has 0 heterocycles. The topological polar surface area (TPSA) is 75.7 Å². The molecule has 0 aromatic heterocycles. The summed E-state index contributed by atoms with van der Waals surface area (Å²) < 4.78 is 33.0. The maximum atomic E-state index is 13.3. The van der Waals surface area contributed by atoms with Crippen molar-refractivity contribution in [3.8, 4) is 5.75 Å². The maximum Gasteiger partial charge on any atom is 0.243 e. The molecule has 0 fully saturated rings. The number of benzene rings is 3. The molecule has 0 atom stereocenters. The number of anilines is 1. The van der Waals surface area contributed by atoms with E-state index in [-0.39, 0.29) is 18.0 Å². The van der Waals surface area contributed by atoms with Crippen molar-refractivity contribution in [3.05, 3.63) is 89.5 Å². The van der Waals surface area contributed by atoms with E-state index in [4.69, 9.17) is 4.74 Å². The van der Waals surface area contributed by atoms with Crippen LogP contribution in [0, 0.1) is 13.8 Å². The Morgan fingerprint density at radius 1 is 0.935 bits per heavy atom. The summed E-state index contributed by atoms with van der Waals surface area (Å²) >= 11 is 0. The highest BCUT2D eigenvalue weighted by Crippen LogP contribution is 2.20. The Balaban J connectivity index is 1.85. The minimum atomic E-state index is -3.87. The van der Waals surface area contributed by atoms with Gasteiger partial charge in [-0.3, -0.25) is 4.79 Å². The molecule has 1 amide bonds. The molecule has 0 saturated heterocycles. The maximum absolute atomic E-state index is 13.3. The molecule has 6 nitrogen and oxygen atoms in total. The van der Waals surface area contributed by atoms with Crippen LogP contribution in [0.4, 0.5) is 5.69 Å².